The molecule has 0 aromatic heterocycles. The highest BCUT2D eigenvalue weighted by Gasteiger charge is 2.30. The minimum absolute atomic E-state index is 0.0913. The summed E-state index contributed by atoms with van der Waals surface area (Å²) in [7, 11) is 1.73. The summed E-state index contributed by atoms with van der Waals surface area (Å²) >= 11 is 7.47. The van der Waals surface area contributed by atoms with Gasteiger partial charge in [0.05, 0.1) is 17.2 Å². The van der Waals surface area contributed by atoms with Gasteiger partial charge in [0.1, 0.15) is 5.75 Å². The lowest BCUT2D eigenvalue weighted by atomic mass is 10.1. The van der Waals surface area contributed by atoms with Gasteiger partial charge in [-0.2, -0.15) is 0 Å². The van der Waals surface area contributed by atoms with Crippen LogP contribution in [0.5, 0.6) is 5.75 Å². The number of carbonyl (C=O) groups is 1. The first-order valence-corrected chi connectivity index (χ1v) is 9.98. The van der Waals surface area contributed by atoms with Crippen LogP contribution in [0, 0.1) is 0 Å². The molecule has 0 saturated carbocycles. The first-order chi connectivity index (χ1) is 13.0. The number of aryl methyl sites for hydroxylation is 1. The van der Waals surface area contributed by atoms with Crippen LogP contribution in [0.15, 0.2) is 52.4 Å². The third kappa shape index (κ3) is 4.54. The molecule has 0 aliphatic carbocycles. The number of hydrogen-bond acceptors (Lipinski definition) is 4. The number of hydrogen-bond donors (Lipinski definition) is 0. The third-order valence-electron chi connectivity index (χ3n) is 4.13. The van der Waals surface area contributed by atoms with Crippen molar-refractivity contribution in [3.8, 4) is 5.75 Å². The standard InChI is InChI=1S/C21H21ClN2O2S/c1-4-14-6-9-17(10-7-14)23-21-24(3)20(25)19(27-21)13-15-12-16(22)8-11-18(15)26-5-2/h6-13H,4-5H2,1-3H3/b19-13+,23-21?. The molecule has 2 aromatic carbocycles. The highest BCUT2D eigenvalue weighted by atomic mass is 35.5. The number of amides is 1. The Morgan fingerprint density at radius 1 is 1.19 bits per heavy atom. The molecule has 0 unspecified atom stereocenters. The number of thioether (sulfide) groups is 1. The van der Waals surface area contributed by atoms with Gasteiger partial charge in [-0.3, -0.25) is 9.69 Å². The van der Waals surface area contributed by atoms with E-state index in [-0.39, 0.29) is 5.91 Å². The molecule has 1 aliphatic heterocycles. The van der Waals surface area contributed by atoms with Gasteiger partial charge in [-0.1, -0.05) is 30.7 Å². The molecule has 6 heteroatoms. The van der Waals surface area contributed by atoms with Crippen molar-refractivity contribution in [1.82, 2.24) is 4.90 Å². The molecular weight excluding hydrogens is 380 g/mol. The maximum absolute atomic E-state index is 12.6. The average molecular weight is 401 g/mol. The van der Waals surface area contributed by atoms with Crippen molar-refractivity contribution in [2.24, 2.45) is 4.99 Å². The van der Waals surface area contributed by atoms with Gasteiger partial charge in [-0.15, -0.1) is 0 Å². The lowest BCUT2D eigenvalue weighted by molar-refractivity contribution is -0.121. The summed E-state index contributed by atoms with van der Waals surface area (Å²) in [6.07, 6.45) is 2.79. The quantitative estimate of drug-likeness (QED) is 0.619. The molecule has 1 fully saturated rings. The Labute approximate surface area is 168 Å². The molecule has 1 heterocycles. The highest BCUT2D eigenvalue weighted by molar-refractivity contribution is 8.18. The van der Waals surface area contributed by atoms with Crippen molar-refractivity contribution < 1.29 is 9.53 Å². The molecule has 2 aromatic rings. The fraction of sp³-hybridized carbons (Fsp3) is 0.238. The summed E-state index contributed by atoms with van der Waals surface area (Å²) in [6.45, 7) is 4.58. The van der Waals surface area contributed by atoms with Crippen molar-refractivity contribution in [2.75, 3.05) is 13.7 Å². The monoisotopic (exact) mass is 400 g/mol. The van der Waals surface area contributed by atoms with E-state index in [1.165, 1.54) is 17.3 Å². The summed E-state index contributed by atoms with van der Waals surface area (Å²) < 4.78 is 5.64. The van der Waals surface area contributed by atoms with Crippen molar-refractivity contribution in [3.63, 3.8) is 0 Å². The van der Waals surface area contributed by atoms with E-state index < -0.39 is 0 Å². The molecule has 0 N–H and O–H groups in total. The molecule has 1 saturated heterocycles. The normalized spacial score (nSPS) is 17.2. The Morgan fingerprint density at radius 3 is 2.59 bits per heavy atom. The van der Waals surface area contributed by atoms with E-state index in [4.69, 9.17) is 16.3 Å². The first kappa shape index (κ1) is 19.5. The topological polar surface area (TPSA) is 41.9 Å². The number of rotatable bonds is 5. The van der Waals surface area contributed by atoms with E-state index in [0.717, 1.165) is 17.7 Å². The molecular formula is C21H21ClN2O2S. The second kappa shape index (κ2) is 8.63. The third-order valence-corrected chi connectivity index (χ3v) is 5.43. The lowest BCUT2D eigenvalue weighted by Crippen LogP contribution is -2.23. The van der Waals surface area contributed by atoms with E-state index in [1.54, 1.807) is 24.1 Å². The smallest absolute Gasteiger partial charge is 0.266 e. The Kier molecular flexibility index (Phi) is 6.24. The molecule has 4 nitrogen and oxygen atoms in total. The Hall–Kier alpha value is -2.24. The fourth-order valence-corrected chi connectivity index (χ4v) is 3.79. The van der Waals surface area contributed by atoms with Gasteiger partial charge in [0.15, 0.2) is 5.17 Å². The average Bonchev–Trinajstić information content (AvgIpc) is 2.92. The molecule has 0 radical (unpaired) electrons. The van der Waals surface area contributed by atoms with Crippen molar-refractivity contribution in [2.45, 2.75) is 20.3 Å². The fourth-order valence-electron chi connectivity index (χ4n) is 2.63. The SMILES string of the molecule is CCOc1ccc(Cl)cc1/C=C1/SC(=Nc2ccc(CC)cc2)N(C)C1=O. The molecule has 3 rings (SSSR count). The first-order valence-electron chi connectivity index (χ1n) is 8.79. The molecule has 140 valence electrons. The Balaban J connectivity index is 1.90. The largest absolute Gasteiger partial charge is 0.493 e. The predicted octanol–water partition coefficient (Wildman–Crippen LogP) is 5.53. The second-order valence-corrected chi connectivity index (χ2v) is 7.45. The summed E-state index contributed by atoms with van der Waals surface area (Å²) in [5, 5.41) is 1.24. The van der Waals surface area contributed by atoms with E-state index in [2.05, 4.69) is 24.0 Å². The Morgan fingerprint density at radius 2 is 1.93 bits per heavy atom. The minimum atomic E-state index is -0.0913. The second-order valence-electron chi connectivity index (χ2n) is 6.00. The number of aliphatic imine (C=N–C) groups is 1. The number of likely N-dealkylation sites (N-methyl/N-ethyl adjacent to an activating group) is 1. The van der Waals surface area contributed by atoms with Crippen LogP contribution in [-0.2, 0) is 11.2 Å². The zero-order valence-electron chi connectivity index (χ0n) is 15.5. The van der Waals surface area contributed by atoms with Crippen LogP contribution in [0.4, 0.5) is 5.69 Å². The number of carbonyl (C=O) groups excluding carboxylic acids is 1. The van der Waals surface area contributed by atoms with Crippen molar-refractivity contribution in [3.05, 3.63) is 63.5 Å². The van der Waals surface area contributed by atoms with Crippen LogP contribution in [0.3, 0.4) is 0 Å². The number of amidine groups is 1. The number of nitrogens with zero attached hydrogens (tertiary/aromatic N) is 2. The molecule has 1 amide bonds. The Bertz CT molecular complexity index is 907. The molecule has 0 bridgehead atoms. The molecule has 0 spiro atoms. The van der Waals surface area contributed by atoms with Crippen LogP contribution in [0.25, 0.3) is 6.08 Å². The van der Waals surface area contributed by atoms with E-state index in [0.29, 0.717) is 27.5 Å². The minimum Gasteiger partial charge on any atom is -0.493 e. The van der Waals surface area contributed by atoms with E-state index in [1.807, 2.05) is 31.2 Å². The number of benzene rings is 2. The predicted molar refractivity (Wildman–Crippen MR) is 114 cm³/mol. The van der Waals surface area contributed by atoms with Crippen molar-refractivity contribution >= 4 is 46.2 Å². The maximum atomic E-state index is 12.6. The van der Waals surface area contributed by atoms with Gasteiger partial charge in [-0.05, 0) is 67.1 Å². The maximum Gasteiger partial charge on any atom is 0.266 e. The van der Waals surface area contributed by atoms with Crippen LogP contribution in [-0.4, -0.2) is 29.6 Å². The summed E-state index contributed by atoms with van der Waals surface area (Å²) in [5.74, 6) is 0.609. The lowest BCUT2D eigenvalue weighted by Gasteiger charge is -2.08. The van der Waals surface area contributed by atoms with E-state index in [9.17, 15) is 4.79 Å². The molecule has 0 atom stereocenters. The van der Waals surface area contributed by atoms with Gasteiger partial charge >= 0.3 is 0 Å². The van der Waals surface area contributed by atoms with Gasteiger partial charge < -0.3 is 4.74 Å². The summed E-state index contributed by atoms with van der Waals surface area (Å²) in [6, 6.07) is 13.4. The van der Waals surface area contributed by atoms with Crippen LogP contribution in [0.2, 0.25) is 5.02 Å². The van der Waals surface area contributed by atoms with Gasteiger partial charge in [0, 0.05) is 17.6 Å². The molecule has 27 heavy (non-hydrogen) atoms. The number of halogens is 1. The van der Waals surface area contributed by atoms with E-state index >= 15 is 0 Å². The van der Waals surface area contributed by atoms with Crippen LogP contribution < -0.4 is 4.74 Å². The molecule has 1 aliphatic rings. The van der Waals surface area contributed by atoms with Crippen LogP contribution in [0.1, 0.15) is 25.0 Å². The number of ether oxygens (including phenoxy) is 1. The van der Waals surface area contributed by atoms with Crippen LogP contribution >= 0.6 is 23.4 Å². The summed E-state index contributed by atoms with van der Waals surface area (Å²) in [5.41, 5.74) is 2.86. The van der Waals surface area contributed by atoms with Gasteiger partial charge in [-0.25, -0.2) is 4.99 Å². The van der Waals surface area contributed by atoms with Gasteiger partial charge in [0.25, 0.3) is 5.91 Å². The highest BCUT2D eigenvalue weighted by Crippen LogP contribution is 2.35. The van der Waals surface area contributed by atoms with Gasteiger partial charge in [0.2, 0.25) is 0 Å². The summed E-state index contributed by atoms with van der Waals surface area (Å²) in [4.78, 5) is 19.4. The zero-order chi connectivity index (χ0) is 19.4. The van der Waals surface area contributed by atoms with Crippen molar-refractivity contribution in [1.29, 1.82) is 0 Å². The zero-order valence-corrected chi connectivity index (χ0v) is 17.1.